The van der Waals surface area contributed by atoms with Crippen LogP contribution in [0.2, 0.25) is 5.02 Å². The van der Waals surface area contributed by atoms with Crippen LogP contribution in [0.4, 0.5) is 0 Å². The van der Waals surface area contributed by atoms with Crippen molar-refractivity contribution in [3.05, 3.63) is 63.9 Å². The number of fused-ring (bicyclic) bond motifs is 1. The summed E-state index contributed by atoms with van der Waals surface area (Å²) in [4.78, 5) is 29.9. The van der Waals surface area contributed by atoms with Crippen LogP contribution < -0.4 is 10.9 Å². The lowest BCUT2D eigenvalue weighted by Crippen LogP contribution is -2.33. The van der Waals surface area contributed by atoms with Gasteiger partial charge in [-0.3, -0.25) is 14.2 Å². The number of nitrogens with zero attached hydrogens (tertiary/aromatic N) is 2. The standard InChI is InChI=1S/C20H20ClN3O2S/c1-3-13(2)22-18(25)12-27-20-23-17-7-5-4-6-16(17)19(26)24(20)15-10-8-14(21)9-11-15/h4-11,13H,3,12H2,1-2H3,(H,22,25)/t13-/m1/s1. The molecule has 3 aromatic rings. The van der Waals surface area contributed by atoms with Gasteiger partial charge in [0.15, 0.2) is 5.16 Å². The average Bonchev–Trinajstić information content (AvgIpc) is 2.67. The monoisotopic (exact) mass is 401 g/mol. The normalized spacial score (nSPS) is 12.1. The van der Waals surface area contributed by atoms with E-state index in [2.05, 4.69) is 10.3 Å². The molecule has 0 radical (unpaired) electrons. The Morgan fingerprint density at radius 3 is 2.63 bits per heavy atom. The third-order valence-corrected chi connectivity index (χ3v) is 5.37. The zero-order chi connectivity index (χ0) is 19.4. The van der Waals surface area contributed by atoms with Crippen LogP contribution in [-0.2, 0) is 4.79 Å². The Morgan fingerprint density at radius 2 is 1.93 bits per heavy atom. The van der Waals surface area contributed by atoms with Crippen LogP contribution in [0.25, 0.3) is 16.6 Å². The summed E-state index contributed by atoms with van der Waals surface area (Å²) in [6.07, 6.45) is 0.861. The van der Waals surface area contributed by atoms with E-state index in [9.17, 15) is 9.59 Å². The molecule has 0 aliphatic rings. The van der Waals surface area contributed by atoms with Crippen molar-refractivity contribution < 1.29 is 4.79 Å². The second-order valence-corrected chi connectivity index (χ2v) is 7.57. The highest BCUT2D eigenvalue weighted by Crippen LogP contribution is 2.22. The third-order valence-electron chi connectivity index (χ3n) is 4.18. The van der Waals surface area contributed by atoms with Crippen molar-refractivity contribution in [1.29, 1.82) is 0 Å². The van der Waals surface area contributed by atoms with Gasteiger partial charge < -0.3 is 5.32 Å². The number of thioether (sulfide) groups is 1. The van der Waals surface area contributed by atoms with E-state index in [1.165, 1.54) is 16.3 Å². The number of carbonyl (C=O) groups is 1. The summed E-state index contributed by atoms with van der Waals surface area (Å²) in [6.45, 7) is 3.97. The molecular formula is C20H20ClN3O2S. The van der Waals surface area contributed by atoms with E-state index in [1.54, 1.807) is 36.4 Å². The van der Waals surface area contributed by atoms with E-state index in [0.29, 0.717) is 26.8 Å². The minimum Gasteiger partial charge on any atom is -0.353 e. The summed E-state index contributed by atoms with van der Waals surface area (Å²) in [7, 11) is 0. The Hall–Kier alpha value is -2.31. The first-order chi connectivity index (χ1) is 13.0. The molecule has 2 aromatic carbocycles. The summed E-state index contributed by atoms with van der Waals surface area (Å²) >= 11 is 7.22. The number of aromatic nitrogens is 2. The lowest BCUT2D eigenvalue weighted by molar-refractivity contribution is -0.119. The molecule has 5 nitrogen and oxygen atoms in total. The van der Waals surface area contributed by atoms with Crippen molar-refractivity contribution in [1.82, 2.24) is 14.9 Å². The van der Waals surface area contributed by atoms with Crippen LogP contribution >= 0.6 is 23.4 Å². The molecule has 0 unspecified atom stereocenters. The van der Waals surface area contributed by atoms with Crippen LogP contribution in [0.3, 0.4) is 0 Å². The minimum atomic E-state index is -0.173. The second kappa shape index (κ2) is 8.59. The van der Waals surface area contributed by atoms with Crippen molar-refractivity contribution in [2.75, 3.05) is 5.75 Å². The smallest absolute Gasteiger partial charge is 0.266 e. The predicted octanol–water partition coefficient (Wildman–Crippen LogP) is 4.05. The van der Waals surface area contributed by atoms with Gasteiger partial charge in [-0.15, -0.1) is 0 Å². The SMILES string of the molecule is CC[C@@H](C)NC(=O)CSc1nc2ccccc2c(=O)n1-c1ccc(Cl)cc1. The maximum absolute atomic E-state index is 13.1. The summed E-state index contributed by atoms with van der Waals surface area (Å²) in [6, 6.07) is 14.3. The molecule has 1 aromatic heterocycles. The molecule has 0 bridgehead atoms. The van der Waals surface area contributed by atoms with Gasteiger partial charge in [-0.1, -0.05) is 42.4 Å². The number of carbonyl (C=O) groups excluding carboxylic acids is 1. The van der Waals surface area contributed by atoms with Crippen molar-refractivity contribution in [2.24, 2.45) is 0 Å². The Kier molecular flexibility index (Phi) is 6.19. The van der Waals surface area contributed by atoms with Crippen LogP contribution in [-0.4, -0.2) is 27.3 Å². The number of hydrogen-bond donors (Lipinski definition) is 1. The number of para-hydroxylation sites is 1. The number of halogens is 1. The van der Waals surface area contributed by atoms with E-state index in [1.807, 2.05) is 26.0 Å². The molecule has 1 amide bonds. The van der Waals surface area contributed by atoms with Gasteiger partial charge in [0.05, 0.1) is 22.3 Å². The minimum absolute atomic E-state index is 0.0839. The van der Waals surface area contributed by atoms with Crippen molar-refractivity contribution in [3.63, 3.8) is 0 Å². The molecule has 3 rings (SSSR count). The number of nitrogens with one attached hydrogen (secondary N) is 1. The molecule has 1 N–H and O–H groups in total. The van der Waals surface area contributed by atoms with Gasteiger partial charge in [0.1, 0.15) is 0 Å². The Morgan fingerprint density at radius 1 is 1.22 bits per heavy atom. The lowest BCUT2D eigenvalue weighted by atomic mass is 10.2. The summed E-state index contributed by atoms with van der Waals surface area (Å²) in [5.74, 6) is 0.0994. The van der Waals surface area contributed by atoms with E-state index in [4.69, 9.17) is 11.6 Å². The van der Waals surface area contributed by atoms with Crippen molar-refractivity contribution >= 4 is 40.2 Å². The molecule has 0 saturated heterocycles. The first-order valence-electron chi connectivity index (χ1n) is 8.69. The Labute approximate surface area is 166 Å². The number of benzene rings is 2. The fourth-order valence-corrected chi connectivity index (χ4v) is 3.53. The Balaban J connectivity index is 2.02. The molecule has 0 aliphatic heterocycles. The topological polar surface area (TPSA) is 64.0 Å². The van der Waals surface area contributed by atoms with Gasteiger partial charge in [0, 0.05) is 11.1 Å². The molecule has 0 fully saturated rings. The average molecular weight is 402 g/mol. The van der Waals surface area contributed by atoms with Crippen LogP contribution in [0.5, 0.6) is 0 Å². The van der Waals surface area contributed by atoms with Gasteiger partial charge in [-0.25, -0.2) is 4.98 Å². The van der Waals surface area contributed by atoms with Gasteiger partial charge in [-0.05, 0) is 49.7 Å². The molecular weight excluding hydrogens is 382 g/mol. The summed E-state index contributed by atoms with van der Waals surface area (Å²) < 4.78 is 1.53. The number of amides is 1. The lowest BCUT2D eigenvalue weighted by Gasteiger charge is -2.14. The quantitative estimate of drug-likeness (QED) is 0.500. The van der Waals surface area contributed by atoms with E-state index in [0.717, 1.165) is 6.42 Å². The fraction of sp³-hybridized carbons (Fsp3) is 0.250. The van der Waals surface area contributed by atoms with Gasteiger partial charge in [0.2, 0.25) is 5.91 Å². The second-order valence-electron chi connectivity index (χ2n) is 6.19. The van der Waals surface area contributed by atoms with E-state index >= 15 is 0 Å². The largest absolute Gasteiger partial charge is 0.353 e. The van der Waals surface area contributed by atoms with Crippen LogP contribution in [0.1, 0.15) is 20.3 Å². The molecule has 27 heavy (non-hydrogen) atoms. The number of hydrogen-bond acceptors (Lipinski definition) is 4. The summed E-state index contributed by atoms with van der Waals surface area (Å²) in [5.41, 5.74) is 1.10. The number of rotatable bonds is 6. The molecule has 140 valence electrons. The highest BCUT2D eigenvalue weighted by atomic mass is 35.5. The van der Waals surface area contributed by atoms with Gasteiger partial charge >= 0.3 is 0 Å². The fourth-order valence-electron chi connectivity index (χ4n) is 2.58. The first kappa shape index (κ1) is 19.5. The first-order valence-corrected chi connectivity index (χ1v) is 10.1. The molecule has 0 saturated carbocycles. The predicted molar refractivity (Wildman–Crippen MR) is 111 cm³/mol. The molecule has 0 aliphatic carbocycles. The van der Waals surface area contributed by atoms with Gasteiger partial charge in [-0.2, -0.15) is 0 Å². The zero-order valence-electron chi connectivity index (χ0n) is 15.1. The van der Waals surface area contributed by atoms with Crippen LogP contribution in [0.15, 0.2) is 58.5 Å². The van der Waals surface area contributed by atoms with E-state index in [-0.39, 0.29) is 23.3 Å². The molecule has 1 atom stereocenters. The maximum Gasteiger partial charge on any atom is 0.266 e. The third kappa shape index (κ3) is 4.51. The van der Waals surface area contributed by atoms with E-state index < -0.39 is 0 Å². The van der Waals surface area contributed by atoms with Gasteiger partial charge in [0.25, 0.3) is 5.56 Å². The van der Waals surface area contributed by atoms with Crippen molar-refractivity contribution in [3.8, 4) is 5.69 Å². The highest BCUT2D eigenvalue weighted by molar-refractivity contribution is 7.99. The maximum atomic E-state index is 13.1. The summed E-state index contributed by atoms with van der Waals surface area (Å²) in [5, 5.41) is 4.51. The zero-order valence-corrected chi connectivity index (χ0v) is 16.7. The molecule has 0 spiro atoms. The van der Waals surface area contributed by atoms with Crippen LogP contribution in [0, 0.1) is 0 Å². The Bertz CT molecular complexity index is 1020. The van der Waals surface area contributed by atoms with Crippen molar-refractivity contribution in [2.45, 2.75) is 31.5 Å². The molecule has 7 heteroatoms. The molecule has 1 heterocycles. The highest BCUT2D eigenvalue weighted by Gasteiger charge is 2.15.